The zero-order valence-corrected chi connectivity index (χ0v) is 37.7. The summed E-state index contributed by atoms with van der Waals surface area (Å²) in [5.74, 6) is -0.170. The molecule has 2 aliphatic carbocycles. The first-order valence-electron chi connectivity index (χ1n) is 22.3. The quantitative estimate of drug-likeness (QED) is 0.286. The van der Waals surface area contributed by atoms with Gasteiger partial charge in [-0.05, 0) is 97.7 Å². The molecular formula is C46H60ClN7O7S. The molecule has 62 heavy (non-hydrogen) atoms. The Hall–Kier alpha value is -3.99. The first-order valence-corrected chi connectivity index (χ1v) is 24.4. The van der Waals surface area contributed by atoms with Gasteiger partial charge in [0.1, 0.15) is 21.2 Å². The molecule has 6 aliphatic rings. The predicted molar refractivity (Wildman–Crippen MR) is 239 cm³/mol. The number of allylic oxidation sites excluding steroid dienone is 1. The molecule has 2 amide bonds. The third kappa shape index (κ3) is 9.16. The number of rotatable bonds is 8. The summed E-state index contributed by atoms with van der Waals surface area (Å²) in [5, 5.41) is 4.93. The average molecular weight is 891 g/mol. The van der Waals surface area contributed by atoms with Gasteiger partial charge in [0.05, 0.1) is 57.1 Å². The van der Waals surface area contributed by atoms with Gasteiger partial charge in [0.15, 0.2) is 0 Å². The maximum Gasteiger partial charge on any atom is 0.286 e. The minimum atomic E-state index is -3.64. The van der Waals surface area contributed by atoms with E-state index in [9.17, 15) is 13.8 Å². The molecule has 0 radical (unpaired) electrons. The van der Waals surface area contributed by atoms with Crippen molar-refractivity contribution in [1.29, 1.82) is 0 Å². The number of ether oxygens (including phenoxy) is 4. The highest BCUT2D eigenvalue weighted by Gasteiger charge is 2.45. The van der Waals surface area contributed by atoms with Crippen molar-refractivity contribution < 1.29 is 32.7 Å². The smallest absolute Gasteiger partial charge is 0.286 e. The van der Waals surface area contributed by atoms with E-state index in [1.165, 1.54) is 29.1 Å². The van der Waals surface area contributed by atoms with Crippen LogP contribution in [0.4, 0.5) is 5.69 Å². The lowest BCUT2D eigenvalue weighted by Crippen LogP contribution is -2.56. The lowest BCUT2D eigenvalue weighted by Gasteiger charge is -2.46. The van der Waals surface area contributed by atoms with E-state index in [-0.39, 0.29) is 40.2 Å². The van der Waals surface area contributed by atoms with Gasteiger partial charge in [0.2, 0.25) is 5.88 Å². The van der Waals surface area contributed by atoms with Gasteiger partial charge in [-0.1, -0.05) is 36.7 Å². The first kappa shape index (κ1) is 43.3. The number of anilines is 1. The number of piperazine rings is 1. The van der Waals surface area contributed by atoms with Crippen LogP contribution in [0, 0.1) is 17.8 Å². The molecule has 1 saturated carbocycles. The third-order valence-electron chi connectivity index (χ3n) is 14.0. The summed E-state index contributed by atoms with van der Waals surface area (Å²) < 4.78 is 47.7. The Bertz CT molecular complexity index is 2300. The van der Waals surface area contributed by atoms with Crippen LogP contribution < -0.4 is 19.1 Å². The van der Waals surface area contributed by atoms with Crippen LogP contribution in [-0.2, 0) is 38.3 Å². The number of halogens is 1. The molecule has 3 fully saturated rings. The highest BCUT2D eigenvalue weighted by atomic mass is 35.5. The summed E-state index contributed by atoms with van der Waals surface area (Å²) in [5.41, 5.74) is 3.42. The number of aryl methyl sites for hydroxylation is 2. The van der Waals surface area contributed by atoms with Crippen LogP contribution in [0.3, 0.4) is 0 Å². The molecule has 1 spiro atoms. The molecule has 1 aromatic heterocycles. The van der Waals surface area contributed by atoms with Gasteiger partial charge in [-0.2, -0.15) is 0 Å². The molecule has 0 unspecified atom stereocenters. The van der Waals surface area contributed by atoms with Crippen molar-refractivity contribution in [2.24, 2.45) is 29.2 Å². The maximum atomic E-state index is 14.9. The molecule has 6 atom stereocenters. The van der Waals surface area contributed by atoms with Crippen LogP contribution in [0.5, 0.6) is 11.6 Å². The van der Waals surface area contributed by atoms with E-state index in [1.807, 2.05) is 25.1 Å². The number of hydrogen-bond acceptors (Lipinski definition) is 11. The molecule has 5 heterocycles. The minimum Gasteiger partial charge on any atom is -0.490 e. The third-order valence-corrected chi connectivity index (χ3v) is 16.2. The molecule has 2 aromatic carbocycles. The Morgan fingerprint density at radius 1 is 1.11 bits per heavy atom. The Labute approximate surface area is 370 Å². The molecule has 14 nitrogen and oxygen atoms in total. The number of carbonyl (C=O) groups is 2. The average Bonchev–Trinajstić information content (AvgIpc) is 3.54. The van der Waals surface area contributed by atoms with E-state index >= 15 is 0 Å². The summed E-state index contributed by atoms with van der Waals surface area (Å²) in [7, 11) is -0.556. The molecule has 16 heteroatoms. The first-order chi connectivity index (χ1) is 30.0. The second kappa shape index (κ2) is 18.2. The van der Waals surface area contributed by atoms with Crippen molar-refractivity contribution in [3.63, 3.8) is 0 Å². The molecular weight excluding hydrogens is 830 g/mol. The highest BCUT2D eigenvalue weighted by Crippen LogP contribution is 2.47. The van der Waals surface area contributed by atoms with Gasteiger partial charge < -0.3 is 23.8 Å². The number of methoxy groups -OCH3 is 1. The molecule has 1 N–H and O–H groups in total. The number of benzene rings is 2. The minimum absolute atomic E-state index is 0.0416. The van der Waals surface area contributed by atoms with E-state index in [2.05, 4.69) is 53.2 Å². The van der Waals surface area contributed by atoms with E-state index in [4.69, 9.17) is 30.5 Å². The van der Waals surface area contributed by atoms with Crippen molar-refractivity contribution in [2.75, 3.05) is 90.0 Å². The van der Waals surface area contributed by atoms with Crippen LogP contribution in [0.2, 0.25) is 5.02 Å². The number of fused-ring (bicyclic) bond motifs is 4. The maximum absolute atomic E-state index is 14.9. The van der Waals surface area contributed by atoms with Crippen molar-refractivity contribution in [1.82, 2.24) is 24.3 Å². The van der Waals surface area contributed by atoms with Crippen molar-refractivity contribution in [2.45, 2.75) is 63.0 Å². The largest absolute Gasteiger partial charge is 0.490 e. The molecule has 2 saturated heterocycles. The fraction of sp³-hybridized carbons (Fsp3) is 0.587. The number of hydrogen-bond donors (Lipinski definition) is 1. The Morgan fingerprint density at radius 2 is 1.95 bits per heavy atom. The number of nitrogens with one attached hydrogen (secondary N) is 1. The summed E-state index contributed by atoms with van der Waals surface area (Å²) in [6, 6.07) is 12.2. The van der Waals surface area contributed by atoms with Gasteiger partial charge in [-0.3, -0.25) is 28.8 Å². The lowest BCUT2D eigenvalue weighted by molar-refractivity contribution is -0.0797. The number of amides is 2. The molecule has 4 aliphatic heterocycles. The Morgan fingerprint density at radius 3 is 2.71 bits per heavy atom. The van der Waals surface area contributed by atoms with Crippen LogP contribution in [-0.4, -0.2) is 133 Å². The summed E-state index contributed by atoms with van der Waals surface area (Å²) in [4.78, 5) is 35.4. The van der Waals surface area contributed by atoms with E-state index < -0.39 is 21.7 Å². The fourth-order valence-electron chi connectivity index (χ4n) is 10.4. The molecule has 3 aromatic rings. The van der Waals surface area contributed by atoms with Gasteiger partial charge in [0.25, 0.3) is 11.8 Å². The summed E-state index contributed by atoms with van der Waals surface area (Å²) in [6.07, 6.45) is 11.4. The van der Waals surface area contributed by atoms with Crippen LogP contribution in [0.1, 0.15) is 70.9 Å². The van der Waals surface area contributed by atoms with Crippen molar-refractivity contribution in [3.05, 3.63) is 82.0 Å². The van der Waals surface area contributed by atoms with Gasteiger partial charge in [-0.15, -0.1) is 9.46 Å². The number of nitrogens with zero attached hydrogens (tertiary/aromatic N) is 6. The van der Waals surface area contributed by atoms with Gasteiger partial charge >= 0.3 is 0 Å². The SMILES string of the molecule is COc1nn(C)cc1C(=O)N[S@@]1(=O)=NC(=O)c2ccc3c(c2)N(C[C@@H]2CC[C@H]2[C@@H](OCCN2CCN(C4COC4)CC2)/C=C/C[C@H](C)C1)C[C@@]1(CCCc2cc(Cl)ccc21)CO3. The Kier molecular flexibility index (Phi) is 12.7. The van der Waals surface area contributed by atoms with Crippen LogP contribution in [0.25, 0.3) is 0 Å². The van der Waals surface area contributed by atoms with Gasteiger partial charge in [0, 0.05) is 75.1 Å². The van der Waals surface area contributed by atoms with Crippen LogP contribution in [0.15, 0.2) is 59.1 Å². The Balaban J connectivity index is 1.04. The molecule has 9 rings (SSSR count). The van der Waals surface area contributed by atoms with Gasteiger partial charge in [-0.25, -0.2) is 4.21 Å². The van der Waals surface area contributed by atoms with E-state index in [0.29, 0.717) is 49.8 Å². The second-order valence-electron chi connectivity index (χ2n) is 18.3. The van der Waals surface area contributed by atoms with E-state index in [0.717, 1.165) is 95.3 Å². The normalized spacial score (nSPS) is 30.1. The highest BCUT2D eigenvalue weighted by molar-refractivity contribution is 7.92. The molecule has 2 bridgehead atoms. The topological polar surface area (TPSA) is 140 Å². The summed E-state index contributed by atoms with van der Waals surface area (Å²) >= 11 is 6.54. The summed E-state index contributed by atoms with van der Waals surface area (Å²) in [6.45, 7) is 11.3. The fourth-order valence-corrected chi connectivity index (χ4v) is 12.5. The van der Waals surface area contributed by atoms with Crippen LogP contribution >= 0.6 is 11.6 Å². The predicted octanol–water partition coefficient (Wildman–Crippen LogP) is 5.53. The lowest BCUT2D eigenvalue weighted by atomic mass is 9.68. The zero-order chi connectivity index (χ0) is 43.0. The monoisotopic (exact) mass is 889 g/mol. The van der Waals surface area contributed by atoms with Crippen molar-refractivity contribution in [3.8, 4) is 11.6 Å². The number of carbonyl (C=O) groups excluding carboxylic acids is 2. The standard InChI is InChI=1S/C46H60ClN7O7S/c1-31-6-4-8-41(60-21-20-52-16-18-53(19-17-52)36-26-59-27-36)37-12-9-34(37)24-54-29-46(15-5-7-32-22-35(47)11-13-39(32)46)30-61-42-14-10-33(23-40(42)54)43(55)49-62(57,28-31)50-44(56)38-25-51(2)48-45(38)58-3/h4,8,10-11,13-14,22-23,25,31,34,36-37,41H,5-7,9,12,15-21,24,26-30H2,1-3H3,(H,49,50,55,56,57)/b8-4+/t31-,34-,37+,41-,46-,62-/m0/s1. The molecule has 334 valence electrons. The van der Waals surface area contributed by atoms with E-state index in [1.54, 1.807) is 13.1 Å². The number of aromatic nitrogens is 2. The zero-order valence-electron chi connectivity index (χ0n) is 36.1. The van der Waals surface area contributed by atoms with Crippen molar-refractivity contribution >= 4 is 39.0 Å². The second-order valence-corrected chi connectivity index (χ2v) is 20.8.